The molecule has 0 saturated carbocycles. The summed E-state index contributed by atoms with van der Waals surface area (Å²) in [5, 5.41) is 9.96. The van der Waals surface area contributed by atoms with Crippen molar-refractivity contribution in [3.05, 3.63) is 10.0 Å². The lowest BCUT2D eigenvalue weighted by Crippen LogP contribution is -2.22. The molecule has 1 unspecified atom stereocenters. The van der Waals surface area contributed by atoms with Crippen molar-refractivity contribution in [1.82, 2.24) is 4.98 Å². The maximum absolute atomic E-state index is 8.70. The smallest absolute Gasteiger partial charge is 0.186 e. The van der Waals surface area contributed by atoms with Crippen molar-refractivity contribution in [3.8, 4) is 6.07 Å². The number of nitriles is 1. The summed E-state index contributed by atoms with van der Waals surface area (Å²) < 4.78 is 0. The van der Waals surface area contributed by atoms with Crippen molar-refractivity contribution in [1.29, 1.82) is 5.26 Å². The predicted octanol–water partition coefficient (Wildman–Crippen LogP) is 3.13. The van der Waals surface area contributed by atoms with E-state index in [2.05, 4.69) is 11.1 Å². The Hall–Kier alpha value is -0.500. The van der Waals surface area contributed by atoms with Crippen LogP contribution in [-0.4, -0.2) is 18.6 Å². The molecule has 0 radical (unpaired) electrons. The lowest BCUT2D eigenvalue weighted by atomic mass is 10.2. The molecule has 0 aliphatic carbocycles. The van der Waals surface area contributed by atoms with Gasteiger partial charge in [-0.3, -0.25) is 0 Å². The Labute approximate surface area is 103 Å². The monoisotopic (exact) mass is 263 g/mol. The first-order valence-corrected chi connectivity index (χ1v) is 6.13. The van der Waals surface area contributed by atoms with Crippen molar-refractivity contribution in [3.63, 3.8) is 0 Å². The molecule has 0 N–H and O–H groups in total. The molecule has 1 atom stereocenters. The topological polar surface area (TPSA) is 39.9 Å². The Morgan fingerprint density at radius 3 is 2.80 bits per heavy atom. The molecule has 82 valence electrons. The summed E-state index contributed by atoms with van der Waals surface area (Å²) in [7, 11) is 1.89. The molecule has 0 aliphatic rings. The van der Waals surface area contributed by atoms with Crippen molar-refractivity contribution < 1.29 is 0 Å². The number of anilines is 1. The first-order valence-electron chi connectivity index (χ1n) is 4.40. The van der Waals surface area contributed by atoms with E-state index in [1.807, 2.05) is 18.9 Å². The molecule has 6 heteroatoms. The fourth-order valence-electron chi connectivity index (χ4n) is 1.10. The fourth-order valence-corrected chi connectivity index (χ4v) is 2.54. The minimum Gasteiger partial charge on any atom is -0.350 e. The van der Waals surface area contributed by atoms with Crippen molar-refractivity contribution in [2.24, 2.45) is 5.92 Å². The molecule has 0 saturated heterocycles. The van der Waals surface area contributed by atoms with E-state index >= 15 is 0 Å². The third kappa shape index (κ3) is 3.23. The summed E-state index contributed by atoms with van der Waals surface area (Å²) in [6.45, 7) is 2.51. The second-order valence-electron chi connectivity index (χ2n) is 3.25. The van der Waals surface area contributed by atoms with Crippen LogP contribution in [0.4, 0.5) is 5.13 Å². The molecular weight excluding hydrogens is 253 g/mol. The summed E-state index contributed by atoms with van der Waals surface area (Å²) in [5.41, 5.74) is 0. The lowest BCUT2D eigenvalue weighted by Gasteiger charge is -2.16. The Balaban J connectivity index is 2.74. The maximum Gasteiger partial charge on any atom is 0.186 e. The fraction of sp³-hybridized carbons (Fsp3) is 0.556. The molecule has 0 amide bonds. The number of hydrogen-bond acceptors (Lipinski definition) is 4. The highest BCUT2D eigenvalue weighted by molar-refractivity contribution is 7.16. The molecule has 15 heavy (non-hydrogen) atoms. The van der Waals surface area contributed by atoms with Crippen molar-refractivity contribution in [2.75, 3.05) is 18.5 Å². The van der Waals surface area contributed by atoms with Gasteiger partial charge in [-0.15, -0.1) is 11.6 Å². The van der Waals surface area contributed by atoms with Gasteiger partial charge in [0, 0.05) is 13.6 Å². The third-order valence-electron chi connectivity index (χ3n) is 1.85. The highest BCUT2D eigenvalue weighted by Gasteiger charge is 2.13. The van der Waals surface area contributed by atoms with E-state index in [1.54, 1.807) is 0 Å². The second kappa shape index (κ2) is 5.55. The Morgan fingerprint density at radius 2 is 2.33 bits per heavy atom. The van der Waals surface area contributed by atoms with Gasteiger partial charge in [-0.05, 0) is 6.92 Å². The number of nitrogens with zero attached hydrogens (tertiary/aromatic N) is 3. The Bertz CT molecular complexity index is 372. The highest BCUT2D eigenvalue weighted by Crippen LogP contribution is 2.30. The van der Waals surface area contributed by atoms with E-state index in [0.29, 0.717) is 17.6 Å². The van der Waals surface area contributed by atoms with Crippen LogP contribution in [0.3, 0.4) is 0 Å². The molecule has 0 bridgehead atoms. The van der Waals surface area contributed by atoms with Gasteiger partial charge in [0.15, 0.2) is 5.13 Å². The molecule has 1 heterocycles. The molecule has 0 aliphatic heterocycles. The van der Waals surface area contributed by atoms with Gasteiger partial charge < -0.3 is 4.90 Å². The summed E-state index contributed by atoms with van der Waals surface area (Å²) in [5.74, 6) is 0.343. The number of hydrogen-bond donors (Lipinski definition) is 0. The lowest BCUT2D eigenvalue weighted by molar-refractivity contribution is 0.715. The van der Waals surface area contributed by atoms with E-state index in [0.717, 1.165) is 10.0 Å². The molecule has 3 nitrogen and oxygen atoms in total. The van der Waals surface area contributed by atoms with Gasteiger partial charge in [0.25, 0.3) is 0 Å². The number of halogens is 2. The van der Waals surface area contributed by atoms with Crippen LogP contribution >= 0.6 is 34.5 Å². The zero-order chi connectivity index (χ0) is 11.4. The van der Waals surface area contributed by atoms with Crippen LogP contribution in [0.15, 0.2) is 0 Å². The van der Waals surface area contributed by atoms with Crippen molar-refractivity contribution in [2.45, 2.75) is 12.8 Å². The average molecular weight is 264 g/mol. The largest absolute Gasteiger partial charge is 0.350 e. The van der Waals surface area contributed by atoms with Gasteiger partial charge in [0.1, 0.15) is 5.15 Å². The normalized spacial score (nSPS) is 12.2. The van der Waals surface area contributed by atoms with Crippen LogP contribution in [0.5, 0.6) is 0 Å². The van der Waals surface area contributed by atoms with Crippen LogP contribution in [0.1, 0.15) is 11.8 Å². The maximum atomic E-state index is 8.70. The van der Waals surface area contributed by atoms with Gasteiger partial charge in [0.2, 0.25) is 0 Å². The molecule has 1 aromatic heterocycles. The third-order valence-corrected chi connectivity index (χ3v) is 3.87. The van der Waals surface area contributed by atoms with Gasteiger partial charge in [-0.25, -0.2) is 4.98 Å². The van der Waals surface area contributed by atoms with Crippen molar-refractivity contribution >= 4 is 39.7 Å². The van der Waals surface area contributed by atoms with Crippen LogP contribution in [0.2, 0.25) is 5.15 Å². The Morgan fingerprint density at radius 1 is 1.67 bits per heavy atom. The molecule has 0 spiro atoms. The molecule has 1 aromatic rings. The van der Waals surface area contributed by atoms with Crippen LogP contribution in [-0.2, 0) is 5.88 Å². The minimum absolute atomic E-state index is 0.0304. The van der Waals surface area contributed by atoms with E-state index in [4.69, 9.17) is 28.5 Å². The van der Waals surface area contributed by atoms with Crippen LogP contribution in [0.25, 0.3) is 0 Å². The van der Waals surface area contributed by atoms with Gasteiger partial charge in [-0.2, -0.15) is 5.26 Å². The predicted molar refractivity (Wildman–Crippen MR) is 64.7 cm³/mol. The molecule has 1 rings (SSSR count). The number of aromatic nitrogens is 1. The van der Waals surface area contributed by atoms with E-state index < -0.39 is 0 Å². The highest BCUT2D eigenvalue weighted by atomic mass is 35.5. The standard InChI is InChI=1S/C9H11Cl2N3S/c1-6(4-12)5-14(2)9-13-8(11)7(3-10)15-9/h6H,3,5H2,1-2H3. The Kier molecular flexibility index (Phi) is 4.65. The zero-order valence-electron chi connectivity index (χ0n) is 8.50. The van der Waals surface area contributed by atoms with Crippen LogP contribution < -0.4 is 4.90 Å². The summed E-state index contributed by atoms with van der Waals surface area (Å²) in [6.07, 6.45) is 0. The first kappa shape index (κ1) is 12.6. The second-order valence-corrected chi connectivity index (χ2v) is 4.94. The average Bonchev–Trinajstić information content (AvgIpc) is 2.59. The molecule has 0 aromatic carbocycles. The summed E-state index contributed by atoms with van der Waals surface area (Å²) >= 11 is 13.0. The number of rotatable bonds is 4. The molecular formula is C9H11Cl2N3S. The molecule has 0 fully saturated rings. The summed E-state index contributed by atoms with van der Waals surface area (Å²) in [6, 6.07) is 2.18. The minimum atomic E-state index is -0.0304. The van der Waals surface area contributed by atoms with Gasteiger partial charge in [0.05, 0.1) is 22.7 Å². The van der Waals surface area contributed by atoms with Gasteiger partial charge >= 0.3 is 0 Å². The van der Waals surface area contributed by atoms with E-state index in [1.165, 1.54) is 11.3 Å². The zero-order valence-corrected chi connectivity index (χ0v) is 10.8. The first-order chi connectivity index (χ1) is 7.08. The summed E-state index contributed by atoms with van der Waals surface area (Å²) in [4.78, 5) is 6.97. The van der Waals surface area contributed by atoms with Crippen LogP contribution in [0, 0.1) is 17.2 Å². The SMILES string of the molecule is CC(C#N)CN(C)c1nc(Cl)c(CCl)s1. The van der Waals surface area contributed by atoms with E-state index in [-0.39, 0.29) is 5.92 Å². The quantitative estimate of drug-likeness (QED) is 0.784. The van der Waals surface area contributed by atoms with Gasteiger partial charge in [-0.1, -0.05) is 22.9 Å². The van der Waals surface area contributed by atoms with E-state index in [9.17, 15) is 0 Å². The number of alkyl halides is 1. The number of thiazole rings is 1.